The van der Waals surface area contributed by atoms with Crippen LogP contribution in [0.4, 0.5) is 19.1 Å². The monoisotopic (exact) mass is 359 g/mol. The third-order valence-electron chi connectivity index (χ3n) is 3.85. The van der Waals surface area contributed by atoms with Gasteiger partial charge in [0, 0.05) is 65.3 Å². The van der Waals surface area contributed by atoms with Crippen molar-refractivity contribution in [2.45, 2.75) is 12.6 Å². The van der Waals surface area contributed by atoms with Crippen molar-refractivity contribution < 1.29 is 13.2 Å². The molecule has 0 atom stereocenters. The molecule has 0 aromatic carbocycles. The highest BCUT2D eigenvalue weighted by atomic mass is 19.4. The van der Waals surface area contributed by atoms with Crippen molar-refractivity contribution in [1.29, 1.82) is 0 Å². The van der Waals surface area contributed by atoms with Crippen LogP contribution in [-0.4, -0.2) is 79.9 Å². The summed E-state index contributed by atoms with van der Waals surface area (Å²) in [6, 6.07) is 1.79. The van der Waals surface area contributed by atoms with Crippen molar-refractivity contribution in [3.05, 3.63) is 18.5 Å². The van der Waals surface area contributed by atoms with Crippen LogP contribution in [0.1, 0.15) is 6.42 Å². The summed E-state index contributed by atoms with van der Waals surface area (Å²) in [7, 11) is 1.54. The Morgan fingerprint density at radius 2 is 1.76 bits per heavy atom. The number of alkyl halides is 3. The molecule has 25 heavy (non-hydrogen) atoms. The van der Waals surface area contributed by atoms with Gasteiger partial charge in [0.05, 0.1) is 6.42 Å². The fourth-order valence-electron chi connectivity index (χ4n) is 2.50. The Hall–Kier alpha value is -2.10. The molecule has 2 N–H and O–H groups in total. The summed E-state index contributed by atoms with van der Waals surface area (Å²) in [5.74, 6) is 1.13. The summed E-state index contributed by atoms with van der Waals surface area (Å²) in [6.07, 6.45) is -1.57. The van der Waals surface area contributed by atoms with Gasteiger partial charge in [-0.05, 0) is 6.07 Å². The fourth-order valence-corrected chi connectivity index (χ4v) is 2.50. The number of hydrogen-bond acceptors (Lipinski definition) is 5. The molecule has 10 heteroatoms. The number of nitrogens with zero attached hydrogens (tertiary/aromatic N) is 5. The number of piperazine rings is 1. The van der Waals surface area contributed by atoms with Gasteiger partial charge in [0.2, 0.25) is 5.95 Å². The molecule has 1 aromatic rings. The second kappa shape index (κ2) is 9.40. The van der Waals surface area contributed by atoms with Gasteiger partial charge < -0.3 is 15.5 Å². The first-order valence-electron chi connectivity index (χ1n) is 8.23. The molecule has 0 unspecified atom stereocenters. The van der Waals surface area contributed by atoms with Crippen molar-refractivity contribution in [2.75, 3.05) is 57.8 Å². The molecule has 0 bridgehead atoms. The second-order valence-electron chi connectivity index (χ2n) is 5.67. The van der Waals surface area contributed by atoms with Crippen LogP contribution in [0.3, 0.4) is 0 Å². The zero-order chi connectivity index (χ0) is 18.1. The summed E-state index contributed by atoms with van der Waals surface area (Å²) in [6.45, 7) is 4.71. The van der Waals surface area contributed by atoms with Crippen LogP contribution in [0, 0.1) is 0 Å². The Bertz CT molecular complexity index is 528. The number of rotatable bonds is 6. The lowest BCUT2D eigenvalue weighted by atomic mass is 10.3. The number of halogens is 3. The van der Waals surface area contributed by atoms with Gasteiger partial charge in [0.25, 0.3) is 0 Å². The first-order chi connectivity index (χ1) is 12.0. The predicted octanol–water partition coefficient (Wildman–Crippen LogP) is 0.716. The zero-order valence-electron chi connectivity index (χ0n) is 14.3. The molecular formula is C15H24F3N7. The molecule has 0 aliphatic carbocycles. The number of aliphatic imine (C=N–C) groups is 1. The summed E-state index contributed by atoms with van der Waals surface area (Å²) in [5.41, 5.74) is 0. The van der Waals surface area contributed by atoms with Gasteiger partial charge in [-0.2, -0.15) is 13.2 Å². The Balaban J connectivity index is 1.62. The van der Waals surface area contributed by atoms with Gasteiger partial charge in [0.15, 0.2) is 5.96 Å². The van der Waals surface area contributed by atoms with E-state index < -0.39 is 12.6 Å². The topological polar surface area (TPSA) is 68.7 Å². The summed E-state index contributed by atoms with van der Waals surface area (Å²) < 4.78 is 36.4. The Morgan fingerprint density at radius 3 is 2.36 bits per heavy atom. The van der Waals surface area contributed by atoms with E-state index in [0.717, 1.165) is 38.7 Å². The molecule has 0 radical (unpaired) electrons. The van der Waals surface area contributed by atoms with E-state index >= 15 is 0 Å². The standard InChI is InChI=1S/C15H24F3N7/c1-19-13(20-6-3-15(16,17)18)21-7-8-24-9-11-25(12-10-24)14-22-4-2-5-23-14/h2,4-5H,3,6-12H2,1H3,(H2,19,20,21). The molecule has 1 fully saturated rings. The molecule has 0 spiro atoms. The van der Waals surface area contributed by atoms with Crippen molar-refractivity contribution in [1.82, 2.24) is 25.5 Å². The van der Waals surface area contributed by atoms with E-state index in [9.17, 15) is 13.2 Å². The van der Waals surface area contributed by atoms with Crippen LogP contribution in [0.25, 0.3) is 0 Å². The van der Waals surface area contributed by atoms with Gasteiger partial charge in [-0.15, -0.1) is 0 Å². The number of hydrogen-bond donors (Lipinski definition) is 2. The van der Waals surface area contributed by atoms with Crippen molar-refractivity contribution in [3.63, 3.8) is 0 Å². The average Bonchev–Trinajstić information content (AvgIpc) is 2.61. The highest BCUT2D eigenvalue weighted by Gasteiger charge is 2.26. The van der Waals surface area contributed by atoms with E-state index in [4.69, 9.17) is 0 Å². The minimum absolute atomic E-state index is 0.182. The van der Waals surface area contributed by atoms with Crippen LogP contribution < -0.4 is 15.5 Å². The average molecular weight is 359 g/mol. The van der Waals surface area contributed by atoms with Crippen molar-refractivity contribution in [3.8, 4) is 0 Å². The Kier molecular flexibility index (Phi) is 7.23. The fraction of sp³-hybridized carbons (Fsp3) is 0.667. The van der Waals surface area contributed by atoms with Crippen LogP contribution >= 0.6 is 0 Å². The molecular weight excluding hydrogens is 335 g/mol. The van der Waals surface area contributed by atoms with Crippen molar-refractivity contribution in [2.24, 2.45) is 4.99 Å². The van der Waals surface area contributed by atoms with Gasteiger partial charge in [0.1, 0.15) is 0 Å². The SMILES string of the molecule is CN=C(NCCN1CCN(c2ncccn2)CC1)NCCC(F)(F)F. The van der Waals surface area contributed by atoms with E-state index in [1.807, 2.05) is 0 Å². The quantitative estimate of drug-likeness (QED) is 0.576. The van der Waals surface area contributed by atoms with E-state index in [1.54, 1.807) is 25.5 Å². The highest BCUT2D eigenvalue weighted by molar-refractivity contribution is 5.79. The van der Waals surface area contributed by atoms with Crippen LogP contribution in [0.15, 0.2) is 23.5 Å². The van der Waals surface area contributed by atoms with Gasteiger partial charge >= 0.3 is 6.18 Å². The van der Waals surface area contributed by atoms with Gasteiger partial charge in [-0.3, -0.25) is 9.89 Å². The second-order valence-corrected chi connectivity index (χ2v) is 5.67. The maximum atomic E-state index is 12.1. The van der Waals surface area contributed by atoms with E-state index in [2.05, 4.69) is 35.4 Å². The van der Waals surface area contributed by atoms with Crippen LogP contribution in [0.5, 0.6) is 0 Å². The predicted molar refractivity (Wildman–Crippen MR) is 90.7 cm³/mol. The number of nitrogens with one attached hydrogen (secondary N) is 2. The highest BCUT2D eigenvalue weighted by Crippen LogP contribution is 2.18. The Labute approximate surface area is 145 Å². The third kappa shape index (κ3) is 7.12. The summed E-state index contributed by atoms with van der Waals surface area (Å²) >= 11 is 0. The maximum Gasteiger partial charge on any atom is 0.390 e. The molecule has 140 valence electrons. The molecule has 1 saturated heterocycles. The first-order valence-corrected chi connectivity index (χ1v) is 8.23. The van der Waals surface area contributed by atoms with E-state index in [0.29, 0.717) is 12.5 Å². The normalized spacial score (nSPS) is 16.8. The minimum atomic E-state index is -4.16. The largest absolute Gasteiger partial charge is 0.390 e. The number of aromatic nitrogens is 2. The maximum absolute atomic E-state index is 12.1. The summed E-state index contributed by atoms with van der Waals surface area (Å²) in [4.78, 5) is 16.9. The summed E-state index contributed by atoms with van der Waals surface area (Å²) in [5, 5.41) is 5.71. The van der Waals surface area contributed by atoms with Crippen LogP contribution in [-0.2, 0) is 0 Å². The molecule has 2 rings (SSSR count). The number of anilines is 1. The third-order valence-corrected chi connectivity index (χ3v) is 3.85. The van der Waals surface area contributed by atoms with E-state index in [-0.39, 0.29) is 6.54 Å². The Morgan fingerprint density at radius 1 is 1.12 bits per heavy atom. The van der Waals surface area contributed by atoms with Gasteiger partial charge in [-0.25, -0.2) is 9.97 Å². The molecule has 1 aliphatic heterocycles. The lowest BCUT2D eigenvalue weighted by Crippen LogP contribution is -2.49. The lowest BCUT2D eigenvalue weighted by molar-refractivity contribution is -0.132. The zero-order valence-corrected chi connectivity index (χ0v) is 14.3. The molecule has 0 saturated carbocycles. The lowest BCUT2D eigenvalue weighted by Gasteiger charge is -2.34. The van der Waals surface area contributed by atoms with Crippen LogP contribution in [0.2, 0.25) is 0 Å². The van der Waals surface area contributed by atoms with Crippen molar-refractivity contribution >= 4 is 11.9 Å². The first kappa shape index (κ1) is 19.2. The number of guanidine groups is 1. The molecule has 1 aliphatic rings. The van der Waals surface area contributed by atoms with E-state index in [1.165, 1.54) is 0 Å². The molecule has 1 aromatic heterocycles. The molecule has 2 heterocycles. The smallest absolute Gasteiger partial charge is 0.356 e. The molecule has 7 nitrogen and oxygen atoms in total. The van der Waals surface area contributed by atoms with Gasteiger partial charge in [-0.1, -0.05) is 0 Å². The molecule has 0 amide bonds. The minimum Gasteiger partial charge on any atom is -0.356 e.